The van der Waals surface area contributed by atoms with Gasteiger partial charge in [-0.25, -0.2) is 0 Å². The summed E-state index contributed by atoms with van der Waals surface area (Å²) < 4.78 is 0. The number of hydrogen-bond acceptors (Lipinski definition) is 5. The molecule has 0 radical (unpaired) electrons. The lowest BCUT2D eigenvalue weighted by atomic mass is 9.65. The van der Waals surface area contributed by atoms with Gasteiger partial charge in [0.05, 0.1) is 0 Å². The average Bonchev–Trinajstić information content (AvgIpc) is 3.50. The monoisotopic (exact) mass is 432 g/mol. The van der Waals surface area contributed by atoms with Gasteiger partial charge in [0, 0.05) is 35.7 Å². The quantitative estimate of drug-likeness (QED) is 0.434. The van der Waals surface area contributed by atoms with Crippen LogP contribution in [0.2, 0.25) is 0 Å². The first-order chi connectivity index (χ1) is 15.5. The maximum Gasteiger partial charge on any atom is 0.325 e. The topological polar surface area (TPSA) is 95.5 Å². The molecule has 2 aromatic carbocycles. The number of carboxylic acids is 1. The Morgan fingerprint density at radius 1 is 0.969 bits per heavy atom. The van der Waals surface area contributed by atoms with Crippen LogP contribution in [0.3, 0.4) is 0 Å². The standard InChI is InChI=1S/C26H28N2O4/c29-22(24(30)16-7-2-1-3-8-16)15-26(25(31)32,28-17-13-14-17)23-18-9-4-5-11-20(18)27-21-12-6-10-19(21)23/h1-5,7-9,11,17,19,21,23,27-28H,6,10,12-15H2,(H,31,32). The Kier molecular flexibility index (Phi) is 5.33. The zero-order valence-electron chi connectivity index (χ0n) is 17.9. The number of carboxylic acid groups (broad SMARTS) is 1. The lowest BCUT2D eigenvalue weighted by Crippen LogP contribution is -2.62. The van der Waals surface area contributed by atoms with Crippen LogP contribution in [-0.2, 0) is 9.59 Å². The van der Waals surface area contributed by atoms with Crippen LogP contribution in [0.4, 0.5) is 5.69 Å². The van der Waals surface area contributed by atoms with Crippen molar-refractivity contribution in [1.29, 1.82) is 0 Å². The molecule has 0 bridgehead atoms. The van der Waals surface area contributed by atoms with Gasteiger partial charge in [0.15, 0.2) is 0 Å². The van der Waals surface area contributed by atoms with Crippen molar-refractivity contribution in [1.82, 2.24) is 5.32 Å². The Labute approximate surface area is 187 Å². The molecule has 32 heavy (non-hydrogen) atoms. The molecule has 2 aromatic rings. The molecule has 4 unspecified atom stereocenters. The van der Waals surface area contributed by atoms with E-state index in [9.17, 15) is 19.5 Å². The summed E-state index contributed by atoms with van der Waals surface area (Å²) in [6.07, 6.45) is 4.31. The zero-order valence-corrected chi connectivity index (χ0v) is 17.9. The average molecular weight is 433 g/mol. The zero-order chi connectivity index (χ0) is 22.3. The third-order valence-corrected chi connectivity index (χ3v) is 7.31. The van der Waals surface area contributed by atoms with E-state index in [0.717, 1.165) is 43.4 Å². The number of para-hydroxylation sites is 1. The maximum absolute atomic E-state index is 13.2. The Hall–Kier alpha value is -2.99. The van der Waals surface area contributed by atoms with E-state index in [4.69, 9.17) is 0 Å². The van der Waals surface area contributed by atoms with Gasteiger partial charge in [0.25, 0.3) is 0 Å². The molecule has 0 amide bonds. The predicted octanol–water partition coefficient (Wildman–Crippen LogP) is 3.78. The fraction of sp³-hybridized carbons (Fsp3) is 0.423. The van der Waals surface area contributed by atoms with Gasteiger partial charge < -0.3 is 10.4 Å². The summed E-state index contributed by atoms with van der Waals surface area (Å²) in [5.74, 6) is -2.63. The number of fused-ring (bicyclic) bond motifs is 2. The number of anilines is 1. The highest BCUT2D eigenvalue weighted by Gasteiger charge is 2.57. The Morgan fingerprint density at radius 3 is 2.41 bits per heavy atom. The van der Waals surface area contributed by atoms with Gasteiger partial charge in [-0.3, -0.25) is 19.7 Å². The van der Waals surface area contributed by atoms with Crippen LogP contribution < -0.4 is 10.6 Å². The van der Waals surface area contributed by atoms with Crippen LogP contribution in [0.1, 0.15) is 60.4 Å². The molecule has 3 aliphatic rings. The van der Waals surface area contributed by atoms with Gasteiger partial charge in [-0.2, -0.15) is 0 Å². The van der Waals surface area contributed by atoms with Crippen LogP contribution in [0.5, 0.6) is 0 Å². The van der Waals surface area contributed by atoms with E-state index in [2.05, 4.69) is 10.6 Å². The van der Waals surface area contributed by atoms with Crippen molar-refractivity contribution < 1.29 is 19.5 Å². The molecule has 2 aliphatic carbocycles. The van der Waals surface area contributed by atoms with E-state index in [0.29, 0.717) is 5.56 Å². The molecule has 1 heterocycles. The molecule has 5 rings (SSSR count). The minimum absolute atomic E-state index is 0.0626. The molecule has 0 aromatic heterocycles. The first kappa shape index (κ1) is 20.9. The Balaban J connectivity index is 1.58. The summed E-state index contributed by atoms with van der Waals surface area (Å²) in [7, 11) is 0. The van der Waals surface area contributed by atoms with Crippen LogP contribution in [0.15, 0.2) is 54.6 Å². The lowest BCUT2D eigenvalue weighted by molar-refractivity contribution is -0.149. The summed E-state index contributed by atoms with van der Waals surface area (Å²) in [5.41, 5.74) is 0.637. The molecular formula is C26H28N2O4. The second kappa shape index (κ2) is 8.17. The molecule has 1 aliphatic heterocycles. The summed E-state index contributed by atoms with van der Waals surface area (Å²) >= 11 is 0. The molecule has 0 saturated heterocycles. The SMILES string of the molecule is O=C(CC(NC1CC1)(C(=O)O)C1c2ccccc2NC2CCCC21)C(=O)c1ccccc1. The number of benzene rings is 2. The van der Waals surface area contributed by atoms with Crippen LogP contribution in [0.25, 0.3) is 0 Å². The number of nitrogens with one attached hydrogen (secondary N) is 2. The Bertz CT molecular complexity index is 1050. The number of hydrogen-bond donors (Lipinski definition) is 3. The van der Waals surface area contributed by atoms with Crippen molar-refractivity contribution >= 4 is 23.2 Å². The summed E-state index contributed by atoms with van der Waals surface area (Å²) in [6, 6.07) is 16.5. The maximum atomic E-state index is 13.2. The Morgan fingerprint density at radius 2 is 1.69 bits per heavy atom. The number of aliphatic carboxylic acids is 1. The third kappa shape index (κ3) is 3.62. The molecule has 2 saturated carbocycles. The second-order valence-corrected chi connectivity index (χ2v) is 9.40. The second-order valence-electron chi connectivity index (χ2n) is 9.40. The van der Waals surface area contributed by atoms with Crippen molar-refractivity contribution in [3.8, 4) is 0 Å². The van der Waals surface area contributed by atoms with Crippen LogP contribution >= 0.6 is 0 Å². The van der Waals surface area contributed by atoms with Gasteiger partial charge >= 0.3 is 5.97 Å². The van der Waals surface area contributed by atoms with Crippen LogP contribution in [0, 0.1) is 5.92 Å². The number of carbonyl (C=O) groups is 3. The van der Waals surface area contributed by atoms with E-state index in [1.54, 1.807) is 30.3 Å². The third-order valence-electron chi connectivity index (χ3n) is 7.31. The van der Waals surface area contributed by atoms with E-state index < -0.39 is 29.0 Å². The highest BCUT2D eigenvalue weighted by Crippen LogP contribution is 2.52. The van der Waals surface area contributed by atoms with E-state index in [-0.39, 0.29) is 24.4 Å². The molecule has 166 valence electrons. The summed E-state index contributed by atoms with van der Waals surface area (Å²) in [5, 5.41) is 17.6. The van der Waals surface area contributed by atoms with Gasteiger partial charge in [0.1, 0.15) is 5.54 Å². The number of rotatable bonds is 8. The molecule has 4 atom stereocenters. The molecular weight excluding hydrogens is 404 g/mol. The van der Waals surface area contributed by atoms with Gasteiger partial charge in [-0.1, -0.05) is 55.0 Å². The molecule has 6 nitrogen and oxygen atoms in total. The minimum atomic E-state index is -1.52. The minimum Gasteiger partial charge on any atom is -0.480 e. The fourth-order valence-corrected chi connectivity index (χ4v) is 5.72. The smallest absolute Gasteiger partial charge is 0.325 e. The van der Waals surface area contributed by atoms with Crippen molar-refractivity contribution in [3.05, 3.63) is 65.7 Å². The van der Waals surface area contributed by atoms with E-state index in [1.807, 2.05) is 24.3 Å². The summed E-state index contributed by atoms with van der Waals surface area (Å²) in [4.78, 5) is 39.2. The number of ketones is 2. The normalized spacial score (nSPS) is 25.7. The van der Waals surface area contributed by atoms with Gasteiger partial charge in [0.2, 0.25) is 11.6 Å². The molecule has 0 spiro atoms. The highest BCUT2D eigenvalue weighted by molar-refractivity contribution is 6.44. The largest absolute Gasteiger partial charge is 0.480 e. The first-order valence-corrected chi connectivity index (χ1v) is 11.5. The first-order valence-electron chi connectivity index (χ1n) is 11.5. The molecule has 6 heteroatoms. The number of carbonyl (C=O) groups excluding carboxylic acids is 2. The van der Waals surface area contributed by atoms with Gasteiger partial charge in [-0.05, 0) is 43.2 Å². The van der Waals surface area contributed by atoms with Crippen molar-refractivity contribution in [2.24, 2.45) is 5.92 Å². The van der Waals surface area contributed by atoms with Crippen molar-refractivity contribution in [2.75, 3.05) is 5.32 Å². The highest BCUT2D eigenvalue weighted by atomic mass is 16.4. The van der Waals surface area contributed by atoms with Crippen LogP contribution in [-0.4, -0.2) is 40.3 Å². The van der Waals surface area contributed by atoms with Gasteiger partial charge in [-0.15, -0.1) is 0 Å². The molecule has 2 fully saturated rings. The predicted molar refractivity (Wildman–Crippen MR) is 121 cm³/mol. The van der Waals surface area contributed by atoms with E-state index >= 15 is 0 Å². The van der Waals surface area contributed by atoms with Crippen molar-refractivity contribution in [2.45, 2.75) is 62.1 Å². The van der Waals surface area contributed by atoms with E-state index in [1.165, 1.54) is 0 Å². The fourth-order valence-electron chi connectivity index (χ4n) is 5.72. The summed E-state index contributed by atoms with van der Waals surface area (Å²) in [6.45, 7) is 0. The molecule has 3 N–H and O–H groups in total. The number of Topliss-reactive ketones (excluding diaryl/α,β-unsaturated/α-hetero) is 2. The lowest BCUT2D eigenvalue weighted by Gasteiger charge is -2.46. The van der Waals surface area contributed by atoms with Crippen molar-refractivity contribution in [3.63, 3.8) is 0 Å².